The number of urea groups is 1. The third kappa shape index (κ3) is 6.81. The van der Waals surface area contributed by atoms with Crippen LogP contribution in [-0.4, -0.2) is 48.6 Å². The molecule has 3 aromatic carbocycles. The van der Waals surface area contributed by atoms with Gasteiger partial charge in [0.1, 0.15) is 5.82 Å². The van der Waals surface area contributed by atoms with Crippen molar-refractivity contribution in [2.75, 3.05) is 23.1 Å². The molecule has 5 rings (SSSR count). The quantitative estimate of drug-likeness (QED) is 0.243. The second-order valence-corrected chi connectivity index (χ2v) is 11.2. The monoisotopic (exact) mass is 561 g/mol. The highest BCUT2D eigenvalue weighted by Gasteiger charge is 2.25. The zero-order valence-electron chi connectivity index (χ0n) is 21.4. The number of carbonyl (C=O) groups excluding carboxylic acids is 1. The van der Waals surface area contributed by atoms with Crippen molar-refractivity contribution in [3.63, 3.8) is 0 Å². The molecule has 1 fully saturated rings. The Labute approximate surface area is 231 Å². The fraction of sp³-hybridized carbons (Fsp3) is 0.172. The summed E-state index contributed by atoms with van der Waals surface area (Å²) in [6.07, 6.45) is 2.98. The van der Waals surface area contributed by atoms with Crippen LogP contribution in [0.2, 0.25) is 0 Å². The number of aliphatic hydroxyl groups excluding tert-OH is 1. The van der Waals surface area contributed by atoms with Crippen molar-refractivity contribution in [2.24, 2.45) is 0 Å². The van der Waals surface area contributed by atoms with Crippen LogP contribution in [0.4, 0.5) is 20.6 Å². The molecular weight excluding hydrogens is 533 g/mol. The van der Waals surface area contributed by atoms with Crippen LogP contribution in [0.25, 0.3) is 11.1 Å². The average Bonchev–Trinajstić information content (AvgIpc) is 2.92. The topological polar surface area (TPSA) is 124 Å². The number of aromatic nitrogens is 1. The number of amides is 2. The van der Waals surface area contributed by atoms with E-state index in [1.165, 1.54) is 24.3 Å². The van der Waals surface area contributed by atoms with Gasteiger partial charge in [-0.3, -0.25) is 14.6 Å². The summed E-state index contributed by atoms with van der Waals surface area (Å²) in [6.45, 7) is 2.07. The van der Waals surface area contributed by atoms with E-state index in [1.54, 1.807) is 42.7 Å². The van der Waals surface area contributed by atoms with Gasteiger partial charge in [0.2, 0.25) is 0 Å². The molecule has 1 aromatic heterocycles. The number of nitrogens with one attached hydrogen (secondary N) is 3. The van der Waals surface area contributed by atoms with Crippen molar-refractivity contribution in [3.05, 3.63) is 108 Å². The average molecular weight is 562 g/mol. The Morgan fingerprint density at radius 2 is 1.73 bits per heavy atom. The summed E-state index contributed by atoms with van der Waals surface area (Å²) in [5, 5.41) is 15.0. The summed E-state index contributed by atoms with van der Waals surface area (Å²) in [4.78, 5) is 18.2. The molecule has 0 bridgehead atoms. The van der Waals surface area contributed by atoms with Gasteiger partial charge in [-0.05, 0) is 71.3 Å². The number of pyridine rings is 1. The molecule has 4 aromatic rings. The van der Waals surface area contributed by atoms with Crippen molar-refractivity contribution in [2.45, 2.75) is 24.1 Å². The van der Waals surface area contributed by atoms with Gasteiger partial charge < -0.3 is 15.7 Å². The van der Waals surface area contributed by atoms with Gasteiger partial charge in [0.15, 0.2) is 0 Å². The predicted octanol–water partition coefficient (Wildman–Crippen LogP) is 4.19. The van der Waals surface area contributed by atoms with Gasteiger partial charge in [-0.2, -0.15) is 0 Å². The normalized spacial score (nSPS) is 13.8. The molecule has 9 nitrogen and oxygen atoms in total. The lowest BCUT2D eigenvalue weighted by Crippen LogP contribution is -2.49. The van der Waals surface area contributed by atoms with Gasteiger partial charge in [-0.1, -0.05) is 24.3 Å². The molecular formula is C29H28FN5O4S. The first-order valence-corrected chi connectivity index (χ1v) is 14.1. The van der Waals surface area contributed by atoms with Crippen molar-refractivity contribution >= 4 is 27.4 Å². The van der Waals surface area contributed by atoms with Crippen LogP contribution in [0.5, 0.6) is 0 Å². The molecule has 0 atom stereocenters. The molecule has 11 heteroatoms. The number of hydrogen-bond donors (Lipinski definition) is 4. The van der Waals surface area contributed by atoms with Gasteiger partial charge in [0.05, 0.1) is 11.0 Å². The Morgan fingerprint density at radius 1 is 0.975 bits per heavy atom. The largest absolute Gasteiger partial charge is 0.390 e. The van der Waals surface area contributed by atoms with E-state index in [9.17, 15) is 22.7 Å². The summed E-state index contributed by atoms with van der Waals surface area (Å²) in [5.41, 5.74) is 3.34. The minimum Gasteiger partial charge on any atom is -0.390 e. The Morgan fingerprint density at radius 3 is 2.45 bits per heavy atom. The molecule has 1 saturated heterocycles. The van der Waals surface area contributed by atoms with E-state index < -0.39 is 21.9 Å². The van der Waals surface area contributed by atoms with Crippen LogP contribution >= 0.6 is 0 Å². The molecule has 1 aliphatic heterocycles. The van der Waals surface area contributed by atoms with E-state index in [4.69, 9.17) is 0 Å². The Hall–Kier alpha value is -4.32. The van der Waals surface area contributed by atoms with E-state index in [0.717, 1.165) is 17.2 Å². The first-order chi connectivity index (χ1) is 19.2. The first-order valence-electron chi connectivity index (χ1n) is 12.6. The van der Waals surface area contributed by atoms with Gasteiger partial charge in [0, 0.05) is 55.5 Å². The standard InChI is InChI=1S/C29H28FN5O4S/c30-23-6-11-28(27(14-23)22-5-1-3-20(13-22)17-35-18-26(36)19-35)40(38,39)34-25-9-7-24(8-10-25)33-29(37)32-16-21-4-2-12-31-15-21/h1-15,26,34,36H,16-19H2,(H2,32,33,37). The van der Waals surface area contributed by atoms with Crippen molar-refractivity contribution in [3.8, 4) is 11.1 Å². The molecule has 0 unspecified atom stereocenters. The highest BCUT2D eigenvalue weighted by atomic mass is 32.2. The molecule has 2 amide bonds. The number of aliphatic hydroxyl groups is 1. The van der Waals surface area contributed by atoms with Crippen LogP contribution in [0.1, 0.15) is 11.1 Å². The maximum Gasteiger partial charge on any atom is 0.319 e. The molecule has 0 spiro atoms. The number of carbonyl (C=O) groups is 1. The SMILES string of the molecule is O=C(NCc1cccnc1)Nc1ccc(NS(=O)(=O)c2ccc(F)cc2-c2cccc(CN3CC(O)C3)c2)cc1. The molecule has 206 valence electrons. The van der Waals surface area contributed by atoms with Crippen LogP contribution < -0.4 is 15.4 Å². The van der Waals surface area contributed by atoms with Gasteiger partial charge in [-0.25, -0.2) is 17.6 Å². The number of sulfonamides is 1. The second-order valence-electron chi connectivity index (χ2n) is 9.54. The van der Waals surface area contributed by atoms with Gasteiger partial charge >= 0.3 is 6.03 Å². The molecule has 2 heterocycles. The van der Waals surface area contributed by atoms with Crippen molar-refractivity contribution in [1.29, 1.82) is 0 Å². The molecule has 0 radical (unpaired) electrons. The number of β-amino-alcohol motifs (C(OH)–C–C–N with tert-alkyl or cyclic N) is 1. The van der Waals surface area contributed by atoms with Crippen molar-refractivity contribution < 1.29 is 22.7 Å². The minimum absolute atomic E-state index is 0.0672. The number of nitrogens with zero attached hydrogens (tertiary/aromatic N) is 2. The lowest BCUT2D eigenvalue weighted by atomic mass is 10.0. The summed E-state index contributed by atoms with van der Waals surface area (Å²) in [7, 11) is -4.09. The fourth-order valence-electron chi connectivity index (χ4n) is 4.42. The van der Waals surface area contributed by atoms with E-state index >= 15 is 0 Å². The molecule has 0 aliphatic carbocycles. The zero-order valence-corrected chi connectivity index (χ0v) is 22.2. The number of halogens is 1. The molecule has 4 N–H and O–H groups in total. The molecule has 0 saturated carbocycles. The Kier molecular flexibility index (Phi) is 8.06. The maximum atomic E-state index is 14.3. The van der Waals surface area contributed by atoms with Crippen LogP contribution in [0, 0.1) is 5.82 Å². The van der Waals surface area contributed by atoms with Gasteiger partial charge in [0.25, 0.3) is 10.0 Å². The maximum absolute atomic E-state index is 14.3. The van der Waals surface area contributed by atoms with Crippen molar-refractivity contribution in [1.82, 2.24) is 15.2 Å². The number of benzene rings is 3. The second kappa shape index (κ2) is 11.8. The van der Waals surface area contributed by atoms with Crippen LogP contribution in [-0.2, 0) is 23.1 Å². The summed E-state index contributed by atoms with van der Waals surface area (Å²) < 4.78 is 43.6. The van der Waals surface area contributed by atoms with Gasteiger partial charge in [-0.15, -0.1) is 0 Å². The number of rotatable bonds is 9. The predicted molar refractivity (Wildman–Crippen MR) is 150 cm³/mol. The smallest absolute Gasteiger partial charge is 0.319 e. The lowest BCUT2D eigenvalue weighted by Gasteiger charge is -2.35. The molecule has 40 heavy (non-hydrogen) atoms. The van der Waals surface area contributed by atoms with E-state index in [0.29, 0.717) is 37.4 Å². The van der Waals surface area contributed by atoms with E-state index in [2.05, 4.69) is 25.2 Å². The summed E-state index contributed by atoms with van der Waals surface area (Å²) in [5.74, 6) is -0.553. The number of anilines is 2. The number of hydrogen-bond acceptors (Lipinski definition) is 6. The minimum atomic E-state index is -4.09. The van der Waals surface area contributed by atoms with Crippen LogP contribution in [0.15, 0.2) is 96.2 Å². The van der Waals surface area contributed by atoms with E-state index in [-0.39, 0.29) is 22.3 Å². The zero-order chi connectivity index (χ0) is 28.1. The van der Waals surface area contributed by atoms with Crippen LogP contribution in [0.3, 0.4) is 0 Å². The highest BCUT2D eigenvalue weighted by molar-refractivity contribution is 7.92. The third-order valence-electron chi connectivity index (χ3n) is 6.38. The molecule has 1 aliphatic rings. The first kappa shape index (κ1) is 27.3. The Balaban J connectivity index is 1.28. The summed E-state index contributed by atoms with van der Waals surface area (Å²) >= 11 is 0. The Bertz CT molecular complexity index is 1590. The summed E-state index contributed by atoms with van der Waals surface area (Å²) in [6, 6.07) is 20.3. The number of likely N-dealkylation sites (tertiary alicyclic amines) is 1. The fourth-order valence-corrected chi connectivity index (χ4v) is 5.69. The highest BCUT2D eigenvalue weighted by Crippen LogP contribution is 2.31. The van der Waals surface area contributed by atoms with E-state index in [1.807, 2.05) is 18.2 Å². The lowest BCUT2D eigenvalue weighted by molar-refractivity contribution is -0.00285. The third-order valence-corrected chi connectivity index (χ3v) is 7.82.